The molecule has 0 aliphatic carbocycles. The van der Waals surface area contributed by atoms with Gasteiger partial charge in [-0.25, -0.2) is 13.4 Å². The van der Waals surface area contributed by atoms with Crippen molar-refractivity contribution in [1.82, 2.24) is 13.7 Å². The molecule has 1 aliphatic rings. The van der Waals surface area contributed by atoms with E-state index >= 15 is 0 Å². The number of sulfonamides is 1. The second-order valence-electron chi connectivity index (χ2n) is 7.71. The Bertz CT molecular complexity index is 1340. The van der Waals surface area contributed by atoms with Gasteiger partial charge in [0.2, 0.25) is 10.0 Å². The number of nitrogens with zero attached hydrogens (tertiary/aromatic N) is 3. The van der Waals surface area contributed by atoms with Crippen molar-refractivity contribution < 1.29 is 13.2 Å². The van der Waals surface area contributed by atoms with Crippen LogP contribution in [0, 0.1) is 0 Å². The van der Waals surface area contributed by atoms with E-state index in [0.717, 1.165) is 35.5 Å². The van der Waals surface area contributed by atoms with Crippen LogP contribution < -0.4 is 5.32 Å². The molecule has 5 rings (SSSR count). The molecule has 9 heteroatoms. The van der Waals surface area contributed by atoms with Gasteiger partial charge in [-0.1, -0.05) is 30.7 Å². The van der Waals surface area contributed by atoms with Crippen LogP contribution in [0.4, 0.5) is 5.69 Å². The molecule has 1 amide bonds. The van der Waals surface area contributed by atoms with Crippen LogP contribution >= 0.6 is 11.3 Å². The molecule has 0 radical (unpaired) electrons. The lowest BCUT2D eigenvalue weighted by Gasteiger charge is -2.26. The van der Waals surface area contributed by atoms with E-state index < -0.39 is 15.9 Å². The predicted molar refractivity (Wildman–Crippen MR) is 126 cm³/mol. The number of amides is 1. The van der Waals surface area contributed by atoms with Gasteiger partial charge in [0, 0.05) is 42.1 Å². The second kappa shape index (κ2) is 8.50. The number of hydrogen-bond acceptors (Lipinski definition) is 5. The molecule has 4 aromatic rings. The second-order valence-corrected chi connectivity index (χ2v) is 10.5. The molecule has 1 N–H and O–H groups in total. The van der Waals surface area contributed by atoms with Gasteiger partial charge in [0.15, 0.2) is 4.96 Å². The van der Waals surface area contributed by atoms with E-state index in [9.17, 15) is 13.2 Å². The Morgan fingerprint density at radius 1 is 1.00 bits per heavy atom. The largest absolute Gasteiger partial charge is 0.322 e. The zero-order valence-corrected chi connectivity index (χ0v) is 18.9. The number of fused-ring (bicyclic) bond motifs is 1. The number of carbonyl (C=O) groups excluding carboxylic acids is 1. The van der Waals surface area contributed by atoms with E-state index in [0.29, 0.717) is 18.8 Å². The molecule has 1 saturated heterocycles. The third kappa shape index (κ3) is 3.94. The van der Waals surface area contributed by atoms with E-state index in [1.807, 2.05) is 34.3 Å². The van der Waals surface area contributed by atoms with E-state index in [2.05, 4.69) is 10.3 Å². The van der Waals surface area contributed by atoms with Gasteiger partial charge in [0.1, 0.15) is 0 Å². The van der Waals surface area contributed by atoms with Crippen molar-refractivity contribution in [1.29, 1.82) is 0 Å². The number of piperidine rings is 1. The molecule has 0 bridgehead atoms. The van der Waals surface area contributed by atoms with E-state index in [4.69, 9.17) is 0 Å². The topological polar surface area (TPSA) is 83.8 Å². The maximum atomic E-state index is 13.2. The third-order valence-corrected chi connectivity index (χ3v) is 8.32. The fourth-order valence-electron chi connectivity index (χ4n) is 3.91. The smallest absolute Gasteiger partial charge is 0.257 e. The Balaban J connectivity index is 1.37. The van der Waals surface area contributed by atoms with Crippen LogP contribution in [0.25, 0.3) is 16.2 Å². The Morgan fingerprint density at radius 3 is 2.50 bits per heavy atom. The molecule has 3 heterocycles. The first-order valence-corrected chi connectivity index (χ1v) is 12.8. The van der Waals surface area contributed by atoms with Crippen molar-refractivity contribution in [3.05, 3.63) is 71.9 Å². The van der Waals surface area contributed by atoms with Crippen molar-refractivity contribution in [2.45, 2.75) is 24.2 Å². The highest BCUT2D eigenvalue weighted by Crippen LogP contribution is 2.26. The highest BCUT2D eigenvalue weighted by atomic mass is 32.2. The first-order valence-electron chi connectivity index (χ1n) is 10.5. The zero-order chi connectivity index (χ0) is 22.1. The van der Waals surface area contributed by atoms with E-state index in [1.54, 1.807) is 41.7 Å². The molecular weight excluding hydrogens is 444 g/mol. The summed E-state index contributed by atoms with van der Waals surface area (Å²) < 4.78 is 29.8. The Labute approximate surface area is 190 Å². The summed E-state index contributed by atoms with van der Waals surface area (Å²) in [7, 11) is -3.72. The number of anilines is 1. The van der Waals surface area contributed by atoms with Crippen molar-refractivity contribution in [3.8, 4) is 11.3 Å². The van der Waals surface area contributed by atoms with Gasteiger partial charge >= 0.3 is 0 Å². The van der Waals surface area contributed by atoms with Crippen molar-refractivity contribution in [2.24, 2.45) is 0 Å². The maximum Gasteiger partial charge on any atom is 0.257 e. The zero-order valence-electron chi connectivity index (χ0n) is 17.3. The summed E-state index contributed by atoms with van der Waals surface area (Å²) in [4.78, 5) is 18.6. The van der Waals surface area contributed by atoms with Gasteiger partial charge in [-0.05, 0) is 37.1 Å². The molecule has 2 aromatic carbocycles. The van der Waals surface area contributed by atoms with Gasteiger partial charge in [0.05, 0.1) is 16.2 Å². The van der Waals surface area contributed by atoms with Crippen molar-refractivity contribution in [3.63, 3.8) is 0 Å². The van der Waals surface area contributed by atoms with E-state index in [1.165, 1.54) is 10.4 Å². The Morgan fingerprint density at radius 2 is 1.75 bits per heavy atom. The number of rotatable bonds is 5. The van der Waals surface area contributed by atoms with Gasteiger partial charge in [0.25, 0.3) is 5.91 Å². The van der Waals surface area contributed by atoms with Crippen molar-refractivity contribution >= 4 is 37.9 Å². The fourth-order valence-corrected chi connectivity index (χ4v) is 6.32. The number of carbonyl (C=O) groups is 1. The molecule has 0 unspecified atom stereocenters. The molecule has 32 heavy (non-hydrogen) atoms. The van der Waals surface area contributed by atoms with Gasteiger partial charge in [-0.2, -0.15) is 4.31 Å². The minimum Gasteiger partial charge on any atom is -0.322 e. The minimum absolute atomic E-state index is 0.0501. The fraction of sp³-hybridized carbons (Fsp3) is 0.217. The number of imidazole rings is 1. The Kier molecular flexibility index (Phi) is 5.54. The molecular formula is C23H22N4O3S2. The van der Waals surface area contributed by atoms with E-state index in [-0.39, 0.29) is 10.5 Å². The summed E-state index contributed by atoms with van der Waals surface area (Å²) in [6.45, 7) is 0.983. The summed E-state index contributed by atoms with van der Waals surface area (Å²) in [6.07, 6.45) is 6.63. The predicted octanol–water partition coefficient (Wildman–Crippen LogP) is 4.49. The molecule has 0 spiro atoms. The molecule has 0 atom stereocenters. The molecule has 164 valence electrons. The SMILES string of the molecule is O=C(Nc1ccc(-c2cn3ccsc3n2)cc1)c1ccccc1S(=O)(=O)N1CCCCC1. The highest BCUT2D eigenvalue weighted by molar-refractivity contribution is 7.89. The number of thiazole rings is 1. The van der Waals surface area contributed by atoms with Crippen LogP contribution in [-0.4, -0.2) is 41.1 Å². The Hall–Kier alpha value is -3.01. The van der Waals surface area contributed by atoms with Crippen LogP contribution in [0.15, 0.2) is 71.2 Å². The summed E-state index contributed by atoms with van der Waals surface area (Å²) in [5.41, 5.74) is 2.53. The molecule has 0 saturated carbocycles. The van der Waals surface area contributed by atoms with Crippen LogP contribution in [0.3, 0.4) is 0 Å². The van der Waals surface area contributed by atoms with Crippen LogP contribution in [0.5, 0.6) is 0 Å². The van der Waals surface area contributed by atoms with Crippen LogP contribution in [0.2, 0.25) is 0 Å². The lowest BCUT2D eigenvalue weighted by molar-refractivity contribution is 0.102. The number of benzene rings is 2. The molecule has 1 aliphatic heterocycles. The first kappa shape index (κ1) is 20.9. The van der Waals surface area contributed by atoms with Gasteiger partial charge in [-0.15, -0.1) is 11.3 Å². The average molecular weight is 467 g/mol. The van der Waals surface area contributed by atoms with Crippen LogP contribution in [0.1, 0.15) is 29.6 Å². The first-order chi connectivity index (χ1) is 15.5. The minimum atomic E-state index is -3.72. The number of aromatic nitrogens is 2. The number of nitrogens with one attached hydrogen (secondary N) is 1. The van der Waals surface area contributed by atoms with Crippen LogP contribution in [-0.2, 0) is 10.0 Å². The maximum absolute atomic E-state index is 13.2. The summed E-state index contributed by atoms with van der Waals surface area (Å²) in [5.74, 6) is -0.448. The van der Waals surface area contributed by atoms with Gasteiger partial charge < -0.3 is 5.32 Å². The van der Waals surface area contributed by atoms with Gasteiger partial charge in [-0.3, -0.25) is 9.20 Å². The average Bonchev–Trinajstić information content (AvgIpc) is 3.43. The summed E-state index contributed by atoms with van der Waals surface area (Å²) >= 11 is 1.57. The molecule has 7 nitrogen and oxygen atoms in total. The highest BCUT2D eigenvalue weighted by Gasteiger charge is 2.29. The monoisotopic (exact) mass is 466 g/mol. The molecule has 1 fully saturated rings. The summed E-state index contributed by atoms with van der Waals surface area (Å²) in [6, 6.07) is 13.8. The number of hydrogen-bond donors (Lipinski definition) is 1. The quantitative estimate of drug-likeness (QED) is 0.470. The lowest BCUT2D eigenvalue weighted by Crippen LogP contribution is -2.36. The molecule has 2 aromatic heterocycles. The normalized spacial score (nSPS) is 15.1. The van der Waals surface area contributed by atoms with Crippen molar-refractivity contribution in [2.75, 3.05) is 18.4 Å². The third-order valence-electron chi connectivity index (χ3n) is 5.60. The summed E-state index contributed by atoms with van der Waals surface area (Å²) in [5, 5.41) is 4.81. The lowest BCUT2D eigenvalue weighted by atomic mass is 10.1. The standard InChI is InChI=1S/C23H22N4O3S2/c28-22(19-6-2-3-7-21(19)32(29,30)27-12-4-1-5-13-27)24-18-10-8-17(9-11-18)20-16-26-14-15-31-23(26)25-20/h2-3,6-11,14-16H,1,4-5,12-13H2,(H,24,28).